The monoisotopic (exact) mass is 240 g/mol. The Kier molecular flexibility index (Phi) is 3.93. The van der Waals surface area contributed by atoms with E-state index in [9.17, 15) is 4.79 Å². The number of aromatic amines is 1. The maximum atomic E-state index is 11.3. The van der Waals surface area contributed by atoms with Crippen LogP contribution in [0.15, 0.2) is 30.5 Å². The number of methoxy groups -OCH3 is 1. The van der Waals surface area contributed by atoms with Crippen molar-refractivity contribution < 1.29 is 9.53 Å². The van der Waals surface area contributed by atoms with Crippen molar-refractivity contribution in [2.24, 2.45) is 5.73 Å². The van der Waals surface area contributed by atoms with Crippen molar-refractivity contribution in [1.82, 2.24) is 4.98 Å². The van der Waals surface area contributed by atoms with E-state index in [1.54, 1.807) is 0 Å². The van der Waals surface area contributed by atoms with Crippen molar-refractivity contribution in [2.75, 3.05) is 7.11 Å². The van der Waals surface area contributed by atoms with Gasteiger partial charge in [-0.2, -0.15) is 0 Å². The van der Waals surface area contributed by atoms with E-state index in [2.05, 4.69) is 9.72 Å². The summed E-state index contributed by atoms with van der Waals surface area (Å²) in [5, 5.41) is 0.954. The van der Waals surface area contributed by atoms with E-state index in [0.717, 1.165) is 16.5 Å². The highest BCUT2D eigenvalue weighted by Crippen LogP contribution is 2.22. The first kappa shape index (κ1) is 12.5. The summed E-state index contributed by atoms with van der Waals surface area (Å²) in [6, 6.07) is 6.79. The third-order valence-electron chi connectivity index (χ3n) is 2.42. The zero-order valence-electron chi connectivity index (χ0n) is 8.77. The third kappa shape index (κ3) is 2.03. The van der Waals surface area contributed by atoms with Gasteiger partial charge in [0, 0.05) is 17.1 Å². The zero-order valence-corrected chi connectivity index (χ0v) is 9.58. The van der Waals surface area contributed by atoms with Crippen LogP contribution in [0.3, 0.4) is 0 Å². The average molecular weight is 241 g/mol. The van der Waals surface area contributed by atoms with Gasteiger partial charge in [-0.3, -0.25) is 4.79 Å². The molecule has 5 heteroatoms. The number of carbonyl (C=O) groups is 1. The molecule has 0 bridgehead atoms. The summed E-state index contributed by atoms with van der Waals surface area (Å²) in [5.41, 5.74) is 7.53. The van der Waals surface area contributed by atoms with E-state index in [4.69, 9.17) is 5.73 Å². The number of hydrogen-bond acceptors (Lipinski definition) is 3. The molecule has 16 heavy (non-hydrogen) atoms. The molecule has 1 aromatic heterocycles. The van der Waals surface area contributed by atoms with E-state index < -0.39 is 12.0 Å². The van der Waals surface area contributed by atoms with Gasteiger partial charge in [0.2, 0.25) is 0 Å². The lowest BCUT2D eigenvalue weighted by Gasteiger charge is -2.10. The van der Waals surface area contributed by atoms with Crippen LogP contribution in [0.2, 0.25) is 0 Å². The first-order valence-electron chi connectivity index (χ1n) is 4.63. The van der Waals surface area contributed by atoms with Crippen LogP contribution in [0.4, 0.5) is 0 Å². The van der Waals surface area contributed by atoms with E-state index >= 15 is 0 Å². The van der Waals surface area contributed by atoms with Crippen LogP contribution >= 0.6 is 12.4 Å². The number of fused-ring (bicyclic) bond motifs is 1. The second kappa shape index (κ2) is 5.01. The number of benzene rings is 1. The molecule has 1 aromatic carbocycles. The van der Waals surface area contributed by atoms with Gasteiger partial charge in [0.1, 0.15) is 6.04 Å². The summed E-state index contributed by atoms with van der Waals surface area (Å²) in [4.78, 5) is 14.4. The Bertz CT molecular complexity index is 495. The number of nitrogens with two attached hydrogens (primary N) is 1. The lowest BCUT2D eigenvalue weighted by atomic mass is 10.0. The van der Waals surface area contributed by atoms with E-state index in [-0.39, 0.29) is 12.4 Å². The molecule has 0 fully saturated rings. The first-order valence-corrected chi connectivity index (χ1v) is 4.63. The maximum Gasteiger partial charge on any atom is 0.327 e. The summed E-state index contributed by atoms with van der Waals surface area (Å²) >= 11 is 0. The number of rotatable bonds is 2. The van der Waals surface area contributed by atoms with Crippen LogP contribution < -0.4 is 5.73 Å². The fraction of sp³-hybridized carbons (Fsp3) is 0.182. The number of carbonyl (C=O) groups excluding carboxylic acids is 1. The molecule has 1 heterocycles. The van der Waals surface area contributed by atoms with Crippen LogP contribution in [0, 0.1) is 0 Å². The Balaban J connectivity index is 0.00000128. The Morgan fingerprint density at radius 3 is 2.88 bits per heavy atom. The summed E-state index contributed by atoms with van der Waals surface area (Å²) in [6.07, 6.45) is 1.82. The number of aromatic nitrogens is 1. The smallest absolute Gasteiger partial charge is 0.327 e. The van der Waals surface area contributed by atoms with Crippen LogP contribution in [0.5, 0.6) is 0 Å². The molecular weight excluding hydrogens is 228 g/mol. The number of esters is 1. The number of hydrogen-bond donors (Lipinski definition) is 2. The molecule has 2 rings (SSSR count). The second-order valence-electron chi connectivity index (χ2n) is 3.29. The molecule has 0 amide bonds. The van der Waals surface area contributed by atoms with E-state index in [1.165, 1.54) is 7.11 Å². The van der Waals surface area contributed by atoms with Gasteiger partial charge in [0.05, 0.1) is 7.11 Å². The molecule has 4 nitrogen and oxygen atoms in total. The fourth-order valence-electron chi connectivity index (χ4n) is 1.63. The Morgan fingerprint density at radius 2 is 2.19 bits per heavy atom. The van der Waals surface area contributed by atoms with Crippen LogP contribution in [-0.4, -0.2) is 18.1 Å². The highest BCUT2D eigenvalue weighted by molar-refractivity contribution is 5.89. The van der Waals surface area contributed by atoms with Crippen molar-refractivity contribution in [3.05, 3.63) is 36.0 Å². The minimum absolute atomic E-state index is 0. The molecule has 86 valence electrons. The molecule has 3 N–H and O–H groups in total. The molecule has 0 aliphatic heterocycles. The van der Waals surface area contributed by atoms with E-state index in [1.807, 2.05) is 30.5 Å². The molecule has 0 unspecified atom stereocenters. The van der Waals surface area contributed by atoms with Gasteiger partial charge in [-0.25, -0.2) is 0 Å². The molecule has 0 saturated heterocycles. The van der Waals surface area contributed by atoms with Gasteiger partial charge < -0.3 is 15.5 Å². The molecular formula is C11H13ClN2O2. The van der Waals surface area contributed by atoms with Gasteiger partial charge in [0.25, 0.3) is 0 Å². The van der Waals surface area contributed by atoms with Gasteiger partial charge in [-0.05, 0) is 17.7 Å². The third-order valence-corrected chi connectivity index (χ3v) is 2.42. The van der Waals surface area contributed by atoms with Gasteiger partial charge in [-0.15, -0.1) is 12.4 Å². The minimum Gasteiger partial charge on any atom is -0.468 e. The van der Waals surface area contributed by atoms with Crippen molar-refractivity contribution >= 4 is 29.3 Å². The number of nitrogens with one attached hydrogen (secondary N) is 1. The van der Waals surface area contributed by atoms with Crippen LogP contribution in [0.1, 0.15) is 11.6 Å². The highest BCUT2D eigenvalue weighted by atomic mass is 35.5. The molecule has 2 aromatic rings. The first-order chi connectivity index (χ1) is 7.24. The topological polar surface area (TPSA) is 68.1 Å². The number of halogens is 1. The predicted octanol–water partition coefficient (Wildman–Crippen LogP) is 1.76. The Hall–Kier alpha value is -1.52. The van der Waals surface area contributed by atoms with Gasteiger partial charge >= 0.3 is 5.97 Å². The lowest BCUT2D eigenvalue weighted by molar-refractivity contribution is -0.142. The molecule has 1 atom stereocenters. The average Bonchev–Trinajstić information content (AvgIpc) is 2.74. The molecule has 0 saturated carbocycles. The zero-order chi connectivity index (χ0) is 10.8. The van der Waals surface area contributed by atoms with Crippen molar-refractivity contribution in [2.45, 2.75) is 6.04 Å². The summed E-state index contributed by atoms with van der Waals surface area (Å²) in [7, 11) is 1.33. The lowest BCUT2D eigenvalue weighted by Crippen LogP contribution is -2.22. The SMILES string of the molecule is COC(=O)[C@@H](N)c1cccc2[nH]ccc12.Cl. The van der Waals surface area contributed by atoms with Crippen molar-refractivity contribution in [3.8, 4) is 0 Å². The van der Waals surface area contributed by atoms with Crippen molar-refractivity contribution in [1.29, 1.82) is 0 Å². The quantitative estimate of drug-likeness (QED) is 0.786. The number of H-pyrrole nitrogens is 1. The van der Waals surface area contributed by atoms with Crippen LogP contribution in [0.25, 0.3) is 10.9 Å². The fourth-order valence-corrected chi connectivity index (χ4v) is 1.63. The molecule has 0 aliphatic rings. The summed E-state index contributed by atoms with van der Waals surface area (Å²) < 4.78 is 4.62. The van der Waals surface area contributed by atoms with Crippen molar-refractivity contribution in [3.63, 3.8) is 0 Å². The Labute approximate surface area is 99.2 Å². The minimum atomic E-state index is -0.727. The summed E-state index contributed by atoms with van der Waals surface area (Å²) in [6.45, 7) is 0. The largest absolute Gasteiger partial charge is 0.468 e. The Morgan fingerprint density at radius 1 is 1.44 bits per heavy atom. The molecule has 0 spiro atoms. The van der Waals surface area contributed by atoms with Gasteiger partial charge in [0.15, 0.2) is 0 Å². The van der Waals surface area contributed by atoms with Gasteiger partial charge in [-0.1, -0.05) is 12.1 Å². The second-order valence-corrected chi connectivity index (χ2v) is 3.29. The number of ether oxygens (including phenoxy) is 1. The standard InChI is InChI=1S/C11H12N2O2.ClH/c1-15-11(14)10(12)8-3-2-4-9-7(8)5-6-13-9;/h2-6,10,13H,12H2,1H3;1H/t10-;/m0./s1. The van der Waals surface area contributed by atoms with Crippen LogP contribution in [-0.2, 0) is 9.53 Å². The molecule has 0 radical (unpaired) electrons. The van der Waals surface area contributed by atoms with E-state index in [0.29, 0.717) is 0 Å². The normalized spacial score (nSPS) is 11.9. The predicted molar refractivity (Wildman–Crippen MR) is 64.5 cm³/mol. The highest BCUT2D eigenvalue weighted by Gasteiger charge is 2.18. The maximum absolute atomic E-state index is 11.3. The summed E-state index contributed by atoms with van der Waals surface area (Å²) in [5.74, 6) is -0.427. The molecule has 0 aliphatic carbocycles.